The molecule has 0 spiro atoms. The molecule has 32 heavy (non-hydrogen) atoms. The van der Waals surface area contributed by atoms with Gasteiger partial charge in [0.15, 0.2) is 5.82 Å². The lowest BCUT2D eigenvalue weighted by molar-refractivity contribution is 0.0190. The Morgan fingerprint density at radius 2 is 1.78 bits per heavy atom. The second kappa shape index (κ2) is 10.1. The van der Waals surface area contributed by atoms with E-state index in [2.05, 4.69) is 25.2 Å². The van der Waals surface area contributed by atoms with Crippen LogP contribution < -0.4 is 15.0 Å². The normalized spacial score (nSPS) is 19.9. The largest absolute Gasteiger partial charge is 0.465 e. The fraction of sp³-hybridized carbons (Fsp3) is 0.524. The van der Waals surface area contributed by atoms with Gasteiger partial charge in [-0.15, -0.1) is 0 Å². The monoisotopic (exact) mass is 445 g/mol. The van der Waals surface area contributed by atoms with Crippen LogP contribution in [-0.2, 0) is 14.2 Å². The van der Waals surface area contributed by atoms with Gasteiger partial charge in [0.25, 0.3) is 0 Å². The standard InChI is InChI=1S/C21H27N5O6/c1-29-11-17(12-30-2)32-20-24-18(13-3-5-14(6-4-13)22-21(27)28)23-19(25-20)26-9-15-7-8-16(10-26)31-15/h3-6,15-17,22H,7-12H2,1-2H3,(H,27,28). The van der Waals surface area contributed by atoms with Gasteiger partial charge in [-0.1, -0.05) is 0 Å². The minimum atomic E-state index is -1.12. The van der Waals surface area contributed by atoms with Crippen molar-refractivity contribution in [1.82, 2.24) is 15.0 Å². The van der Waals surface area contributed by atoms with E-state index in [-0.39, 0.29) is 24.3 Å². The van der Waals surface area contributed by atoms with Gasteiger partial charge in [-0.3, -0.25) is 5.32 Å². The van der Waals surface area contributed by atoms with Gasteiger partial charge >= 0.3 is 12.1 Å². The summed E-state index contributed by atoms with van der Waals surface area (Å²) >= 11 is 0. The molecule has 172 valence electrons. The van der Waals surface area contributed by atoms with Crippen LogP contribution in [0.15, 0.2) is 24.3 Å². The molecule has 2 aliphatic rings. The zero-order chi connectivity index (χ0) is 22.5. The lowest BCUT2D eigenvalue weighted by atomic mass is 10.2. The smallest absolute Gasteiger partial charge is 0.409 e. The molecule has 1 aromatic carbocycles. The fourth-order valence-electron chi connectivity index (χ4n) is 3.91. The Bertz CT molecular complexity index is 909. The van der Waals surface area contributed by atoms with E-state index in [0.29, 0.717) is 49.3 Å². The maximum atomic E-state index is 10.9. The first kappa shape index (κ1) is 22.2. The molecule has 2 fully saturated rings. The highest BCUT2D eigenvalue weighted by atomic mass is 16.6. The van der Waals surface area contributed by atoms with Crippen molar-refractivity contribution in [3.05, 3.63) is 24.3 Å². The Labute approximate surface area is 185 Å². The highest BCUT2D eigenvalue weighted by Crippen LogP contribution is 2.30. The number of carbonyl (C=O) groups is 1. The third-order valence-electron chi connectivity index (χ3n) is 5.30. The van der Waals surface area contributed by atoms with E-state index in [9.17, 15) is 4.79 Å². The van der Waals surface area contributed by atoms with Crippen LogP contribution in [0.2, 0.25) is 0 Å². The average molecular weight is 445 g/mol. The van der Waals surface area contributed by atoms with Crippen LogP contribution in [-0.4, -0.2) is 85.0 Å². The summed E-state index contributed by atoms with van der Waals surface area (Å²) in [6.07, 6.45) is 0.911. The maximum Gasteiger partial charge on any atom is 0.409 e. The van der Waals surface area contributed by atoms with Crippen LogP contribution in [0.5, 0.6) is 6.01 Å². The number of fused-ring (bicyclic) bond motifs is 2. The zero-order valence-corrected chi connectivity index (χ0v) is 18.1. The fourth-order valence-corrected chi connectivity index (χ4v) is 3.91. The van der Waals surface area contributed by atoms with Gasteiger partial charge in [-0.2, -0.15) is 15.0 Å². The van der Waals surface area contributed by atoms with Crippen molar-refractivity contribution in [3.63, 3.8) is 0 Å². The van der Waals surface area contributed by atoms with Gasteiger partial charge in [-0.25, -0.2) is 4.79 Å². The van der Waals surface area contributed by atoms with E-state index in [1.54, 1.807) is 38.5 Å². The van der Waals surface area contributed by atoms with E-state index in [1.165, 1.54) is 0 Å². The number of ether oxygens (including phenoxy) is 4. The number of nitrogens with zero attached hydrogens (tertiary/aromatic N) is 4. The van der Waals surface area contributed by atoms with Crippen LogP contribution in [0.1, 0.15) is 12.8 Å². The van der Waals surface area contributed by atoms with Crippen molar-refractivity contribution in [2.24, 2.45) is 0 Å². The van der Waals surface area contributed by atoms with Crippen LogP contribution in [0, 0.1) is 0 Å². The van der Waals surface area contributed by atoms with E-state index >= 15 is 0 Å². The first-order valence-electron chi connectivity index (χ1n) is 10.5. The molecule has 4 rings (SSSR count). The average Bonchev–Trinajstić information content (AvgIpc) is 3.11. The van der Waals surface area contributed by atoms with Crippen molar-refractivity contribution < 1.29 is 28.8 Å². The molecule has 2 unspecified atom stereocenters. The van der Waals surface area contributed by atoms with Gasteiger partial charge < -0.3 is 29.0 Å². The number of amides is 1. The minimum absolute atomic E-state index is 0.175. The Kier molecular flexibility index (Phi) is 6.98. The quantitative estimate of drug-likeness (QED) is 0.592. The topological polar surface area (TPSA) is 128 Å². The molecule has 2 atom stereocenters. The van der Waals surface area contributed by atoms with E-state index in [1.807, 2.05) is 0 Å². The lowest BCUT2D eigenvalue weighted by Crippen LogP contribution is -2.43. The zero-order valence-electron chi connectivity index (χ0n) is 18.1. The predicted molar refractivity (Wildman–Crippen MR) is 115 cm³/mol. The summed E-state index contributed by atoms with van der Waals surface area (Å²) in [4.78, 5) is 26.7. The van der Waals surface area contributed by atoms with E-state index in [0.717, 1.165) is 12.8 Å². The summed E-state index contributed by atoms with van der Waals surface area (Å²) in [7, 11) is 3.18. The van der Waals surface area contributed by atoms with Crippen LogP contribution >= 0.6 is 0 Å². The van der Waals surface area contributed by atoms with Gasteiger partial charge in [0, 0.05) is 38.6 Å². The third kappa shape index (κ3) is 5.42. The van der Waals surface area contributed by atoms with Gasteiger partial charge in [-0.05, 0) is 37.1 Å². The molecule has 3 heterocycles. The molecule has 0 radical (unpaired) electrons. The molecule has 11 nitrogen and oxygen atoms in total. The molecule has 0 saturated carbocycles. The van der Waals surface area contributed by atoms with Gasteiger partial charge in [0.1, 0.15) is 6.10 Å². The molecule has 1 amide bonds. The number of nitrogens with one attached hydrogen (secondary N) is 1. The van der Waals surface area contributed by atoms with Gasteiger partial charge in [0.2, 0.25) is 5.95 Å². The van der Waals surface area contributed by atoms with Crippen LogP contribution in [0.3, 0.4) is 0 Å². The molecule has 2 aromatic rings. The lowest BCUT2D eigenvalue weighted by Gasteiger charge is -2.32. The van der Waals surface area contributed by atoms with Crippen LogP contribution in [0.25, 0.3) is 11.4 Å². The molecule has 1 aromatic heterocycles. The molecule has 2 aliphatic heterocycles. The Morgan fingerprint density at radius 3 is 2.38 bits per heavy atom. The molecule has 2 bridgehead atoms. The summed E-state index contributed by atoms with van der Waals surface area (Å²) < 4.78 is 22.3. The first-order chi connectivity index (χ1) is 15.5. The third-order valence-corrected chi connectivity index (χ3v) is 5.30. The predicted octanol–water partition coefficient (Wildman–Crippen LogP) is 2.04. The molecule has 11 heteroatoms. The number of anilines is 2. The molecular formula is C21H27N5O6. The number of benzene rings is 1. The Morgan fingerprint density at radius 1 is 1.12 bits per heavy atom. The number of hydrogen-bond acceptors (Lipinski definition) is 9. The maximum absolute atomic E-state index is 10.9. The second-order valence-corrected chi connectivity index (χ2v) is 7.76. The molecular weight excluding hydrogens is 418 g/mol. The molecule has 2 saturated heterocycles. The van der Waals surface area contributed by atoms with Crippen LogP contribution in [0.4, 0.5) is 16.4 Å². The second-order valence-electron chi connectivity index (χ2n) is 7.76. The van der Waals surface area contributed by atoms with Gasteiger partial charge in [0.05, 0.1) is 25.4 Å². The molecule has 2 N–H and O–H groups in total. The molecule has 0 aliphatic carbocycles. The van der Waals surface area contributed by atoms with Crippen molar-refractivity contribution in [1.29, 1.82) is 0 Å². The number of methoxy groups -OCH3 is 2. The summed E-state index contributed by atoms with van der Waals surface area (Å²) in [5.74, 6) is 0.950. The summed E-state index contributed by atoms with van der Waals surface area (Å²) in [6, 6.07) is 6.98. The van der Waals surface area contributed by atoms with Crippen molar-refractivity contribution >= 4 is 17.7 Å². The first-order valence-corrected chi connectivity index (χ1v) is 10.5. The summed E-state index contributed by atoms with van der Waals surface area (Å²) in [5.41, 5.74) is 1.16. The highest BCUT2D eigenvalue weighted by Gasteiger charge is 2.35. The van der Waals surface area contributed by atoms with E-state index in [4.69, 9.17) is 24.1 Å². The number of hydrogen-bond donors (Lipinski definition) is 2. The highest BCUT2D eigenvalue weighted by molar-refractivity contribution is 5.83. The number of aromatic nitrogens is 3. The van der Waals surface area contributed by atoms with E-state index < -0.39 is 6.09 Å². The number of rotatable bonds is 9. The minimum Gasteiger partial charge on any atom is -0.465 e. The van der Waals surface area contributed by atoms with Crippen molar-refractivity contribution in [2.75, 3.05) is 50.7 Å². The SMILES string of the molecule is COCC(COC)Oc1nc(-c2ccc(NC(=O)O)cc2)nc(N2CC3CCC(C2)O3)n1. The number of morpholine rings is 1. The van der Waals surface area contributed by atoms with Crippen molar-refractivity contribution in [2.45, 2.75) is 31.2 Å². The van der Waals surface area contributed by atoms with Crippen molar-refractivity contribution in [3.8, 4) is 17.4 Å². The summed E-state index contributed by atoms with van der Waals surface area (Å²) in [5, 5.41) is 11.2. The number of carboxylic acid groups (broad SMARTS) is 1. The Hall–Kier alpha value is -3.02. The Balaban J connectivity index is 1.64. The summed E-state index contributed by atoms with van der Waals surface area (Å²) in [6.45, 7) is 2.06.